The van der Waals surface area contributed by atoms with Crippen LogP contribution in [-0.2, 0) is 0 Å². The lowest BCUT2D eigenvalue weighted by Crippen LogP contribution is -2.00. The second-order valence-electron chi connectivity index (χ2n) is 32.1. The van der Waals surface area contributed by atoms with Crippen molar-refractivity contribution in [3.63, 3.8) is 0 Å². The molecule has 7 aromatic heterocycles. The molecule has 0 saturated carbocycles. The molecule has 128 heavy (non-hydrogen) atoms. The van der Waals surface area contributed by atoms with Crippen LogP contribution < -0.4 is 0 Å². The van der Waals surface area contributed by atoms with Crippen LogP contribution in [0.4, 0.5) is 0 Å². The highest BCUT2D eigenvalue weighted by molar-refractivity contribution is 7.27. The molecular weight excluding hydrogens is 1620 g/mol. The van der Waals surface area contributed by atoms with E-state index in [1.165, 1.54) is 120 Å². The van der Waals surface area contributed by atoms with Gasteiger partial charge in [0.2, 0.25) is 0 Å². The van der Waals surface area contributed by atoms with Crippen molar-refractivity contribution in [2.45, 2.75) is 0 Å². The summed E-state index contributed by atoms with van der Waals surface area (Å²) in [5.74, 6) is 5.97. The zero-order valence-electron chi connectivity index (χ0n) is 68.3. The van der Waals surface area contributed by atoms with Crippen LogP contribution in [0.3, 0.4) is 0 Å². The van der Waals surface area contributed by atoms with Crippen molar-refractivity contribution in [2.24, 2.45) is 0 Å². The fourth-order valence-electron chi connectivity index (χ4n) is 18.4. The van der Waals surface area contributed by atoms with Crippen molar-refractivity contribution in [1.29, 1.82) is 0 Å². The van der Waals surface area contributed by atoms with Gasteiger partial charge in [0.15, 0.2) is 52.4 Å². The average molecular weight is 1690 g/mol. The zero-order chi connectivity index (χ0) is 84.3. The first kappa shape index (κ1) is 74.3. The molecule has 0 aliphatic heterocycles. The summed E-state index contributed by atoms with van der Waals surface area (Å²) in [5.41, 5.74) is 10.5. The molecule has 0 radical (unpaired) electrons. The number of hydrogen-bond donors (Lipinski definition) is 0. The van der Waals surface area contributed by atoms with E-state index in [9.17, 15) is 0 Å². The molecule has 27 rings (SSSR count). The SMILES string of the molecule is c1ccc(-c2nc(-c3ccc4ccc5ccc6oc7ccccc7c6c5c4c3)nc(-c3cccc4c3sc3ccccc34)n2)cc1.c1ccc(-c2nc(-c3ccc4ccccc4c3)nc(-c3ccc4ccc5ccc6sc7ccccc7c6c5c4c3)n2)cc1.c1ccc(-c2nc(-c3ccccc3)nc(-c3ccc4ccc5ccc6sc7ccccc7c6c5c4c3)n2)cc1. The van der Waals surface area contributed by atoms with Gasteiger partial charge in [0.25, 0.3) is 0 Å². The third kappa shape index (κ3) is 13.1. The van der Waals surface area contributed by atoms with Crippen LogP contribution >= 0.6 is 34.0 Å². The predicted octanol–water partition coefficient (Wildman–Crippen LogP) is 31.7. The number of thiophene rings is 3. The van der Waals surface area contributed by atoms with E-state index in [1.54, 1.807) is 11.3 Å². The van der Waals surface area contributed by atoms with Gasteiger partial charge >= 0.3 is 0 Å². The molecule has 13 heteroatoms. The minimum absolute atomic E-state index is 0.644. The highest BCUT2D eigenvalue weighted by Crippen LogP contribution is 2.47. The average Bonchev–Trinajstić information content (AvgIpc) is 1.60. The van der Waals surface area contributed by atoms with Crippen LogP contribution in [0, 0.1) is 0 Å². The van der Waals surface area contributed by atoms with Gasteiger partial charge in [-0.25, -0.2) is 44.9 Å². The van der Waals surface area contributed by atoms with Crippen LogP contribution in [0.1, 0.15) is 0 Å². The van der Waals surface area contributed by atoms with Crippen LogP contribution in [0.2, 0.25) is 0 Å². The lowest BCUT2D eigenvalue weighted by molar-refractivity contribution is 0.669. The first-order valence-electron chi connectivity index (χ1n) is 42.6. The summed E-state index contributed by atoms with van der Waals surface area (Å²) in [5, 5.41) is 26.8. The molecule has 0 aliphatic rings. The normalized spacial score (nSPS) is 11.8. The molecule has 596 valence electrons. The maximum absolute atomic E-state index is 6.28. The third-order valence-corrected chi connectivity index (χ3v) is 28.0. The summed E-state index contributed by atoms with van der Waals surface area (Å²) in [7, 11) is 0. The lowest BCUT2D eigenvalue weighted by atomic mass is 9.96. The number of fused-ring (bicyclic) bond motifs is 25. The van der Waals surface area contributed by atoms with Gasteiger partial charge in [-0.2, -0.15) is 0 Å². The maximum atomic E-state index is 6.28. The van der Waals surface area contributed by atoms with E-state index in [4.69, 9.17) is 49.3 Å². The highest BCUT2D eigenvalue weighted by atomic mass is 32.1. The molecule has 0 N–H and O–H groups in total. The van der Waals surface area contributed by atoms with Crippen molar-refractivity contribution in [2.75, 3.05) is 0 Å². The van der Waals surface area contributed by atoms with E-state index < -0.39 is 0 Å². The summed E-state index contributed by atoms with van der Waals surface area (Å²) < 4.78 is 13.9. The minimum atomic E-state index is 0.644. The standard InChI is InChI=1S/C41H23N3OS.C39H23N3S.C35H21N3S/c1-2-9-26(10-3-1)39-42-40(44-41(43-39)31-14-8-13-29-28-11-5-7-16-35(28)46-38(29)31)27-20-18-24-17-19-25-21-22-34-37(36(25)32(24)23-27)30-12-4-6-15-33(30)45-34;1-2-9-27(10-3-1)37-40-38(29-18-14-24-8-4-5-11-28(24)22-29)42-39(41-37)30-19-16-25-15-17-26-20-21-34-36(35(26)32(25)23-30)31-12-6-7-13-33(31)43-34;1-3-9-24(10-4-1)33-36-34(25-11-5-2-6-12-25)38-35(37-33)26-18-16-22-15-17-23-19-20-30-32(31(23)28(22)21-26)27-13-7-8-14-29(27)39-30/h1-23H;1-23H;1-21H. The quantitative estimate of drug-likeness (QED) is 0.129. The Morgan fingerprint density at radius 2 is 0.477 bits per heavy atom. The van der Waals surface area contributed by atoms with Crippen LogP contribution in [0.25, 0.3) is 260 Å². The van der Waals surface area contributed by atoms with E-state index in [1.807, 2.05) is 132 Å². The Kier molecular flexibility index (Phi) is 17.9. The van der Waals surface area contributed by atoms with Gasteiger partial charge < -0.3 is 4.42 Å². The summed E-state index contributed by atoms with van der Waals surface area (Å²) in [6.07, 6.45) is 0. The monoisotopic (exact) mass is 1690 g/mol. The van der Waals surface area contributed by atoms with E-state index in [0.29, 0.717) is 52.4 Å². The number of rotatable bonds is 9. The summed E-state index contributed by atoms with van der Waals surface area (Å²) in [4.78, 5) is 45.2. The van der Waals surface area contributed by atoms with Gasteiger partial charge in [-0.15, -0.1) is 34.0 Å². The van der Waals surface area contributed by atoms with Gasteiger partial charge in [0, 0.05) is 127 Å². The Morgan fingerprint density at radius 3 is 0.938 bits per heavy atom. The fraction of sp³-hybridized carbons (Fsp3) is 0. The molecule has 0 aliphatic carbocycles. The van der Waals surface area contributed by atoms with Crippen molar-refractivity contribution in [1.82, 2.24) is 44.9 Å². The molecule has 0 atom stereocenters. The van der Waals surface area contributed by atoms with Crippen molar-refractivity contribution < 1.29 is 4.42 Å². The van der Waals surface area contributed by atoms with Gasteiger partial charge in [-0.05, 0) is 143 Å². The third-order valence-electron chi connectivity index (χ3n) is 24.5. The highest BCUT2D eigenvalue weighted by Gasteiger charge is 2.23. The van der Waals surface area contributed by atoms with E-state index in [-0.39, 0.29) is 0 Å². The first-order valence-corrected chi connectivity index (χ1v) is 45.0. The van der Waals surface area contributed by atoms with Crippen molar-refractivity contribution >= 4 is 192 Å². The number of benzene rings is 20. The number of para-hydroxylation sites is 1. The van der Waals surface area contributed by atoms with Gasteiger partial charge in [-0.3, -0.25) is 0 Å². The molecule has 0 unspecified atom stereocenters. The number of hydrogen-bond acceptors (Lipinski definition) is 13. The summed E-state index contributed by atoms with van der Waals surface area (Å²) >= 11 is 5.49. The van der Waals surface area contributed by atoms with E-state index in [0.717, 1.165) is 88.2 Å². The molecule has 7 heterocycles. The Hall–Kier alpha value is -16.3. The van der Waals surface area contributed by atoms with E-state index >= 15 is 0 Å². The Bertz CT molecular complexity index is 9120. The molecule has 27 aromatic rings. The molecule has 0 spiro atoms. The molecule has 0 amide bonds. The number of aromatic nitrogens is 9. The lowest BCUT2D eigenvalue weighted by Gasteiger charge is -2.11. The van der Waals surface area contributed by atoms with Gasteiger partial charge in [0.1, 0.15) is 11.2 Å². The number of furan rings is 1. The zero-order valence-corrected chi connectivity index (χ0v) is 70.8. The Labute approximate surface area is 744 Å². The smallest absolute Gasteiger partial charge is 0.165 e. The molecule has 20 aromatic carbocycles. The van der Waals surface area contributed by atoms with Crippen LogP contribution in [0.15, 0.2) is 411 Å². The second-order valence-corrected chi connectivity index (χ2v) is 35.4. The van der Waals surface area contributed by atoms with Crippen LogP contribution in [0.5, 0.6) is 0 Å². The summed E-state index contributed by atoms with van der Waals surface area (Å²) in [6.45, 7) is 0. The van der Waals surface area contributed by atoms with Gasteiger partial charge in [-0.1, -0.05) is 334 Å². The Balaban J connectivity index is 0.000000105. The van der Waals surface area contributed by atoms with Crippen molar-refractivity contribution in [3.05, 3.63) is 406 Å². The molecule has 0 fully saturated rings. The predicted molar refractivity (Wildman–Crippen MR) is 537 cm³/mol. The van der Waals surface area contributed by atoms with E-state index in [2.05, 4.69) is 297 Å². The molecule has 10 nitrogen and oxygen atoms in total. The Morgan fingerprint density at radius 1 is 0.156 bits per heavy atom. The maximum Gasteiger partial charge on any atom is 0.165 e. The molecule has 0 saturated heterocycles. The van der Waals surface area contributed by atoms with Crippen LogP contribution in [-0.4, -0.2) is 44.9 Å². The summed E-state index contributed by atoms with van der Waals surface area (Å²) in [6, 6.07) is 142. The molecule has 0 bridgehead atoms. The number of nitrogens with zero attached hydrogens (tertiary/aromatic N) is 9. The van der Waals surface area contributed by atoms with Gasteiger partial charge in [0.05, 0.1) is 0 Å². The second kappa shape index (κ2) is 30.9. The fourth-order valence-corrected chi connectivity index (χ4v) is 21.8. The minimum Gasteiger partial charge on any atom is -0.456 e. The largest absolute Gasteiger partial charge is 0.456 e. The first-order chi connectivity index (χ1) is 63.4. The molecular formula is C115H67N9OS3. The van der Waals surface area contributed by atoms with Crippen molar-refractivity contribution in [3.8, 4) is 102 Å². The topological polar surface area (TPSA) is 129 Å².